The number of phosphoric acid groups is 1. The maximum absolute atomic E-state index is 12.7. The highest BCUT2D eigenvalue weighted by atomic mass is 31.2. The molecule has 0 aliphatic rings. The molecule has 9 nitrogen and oxygen atoms in total. The van der Waals surface area contributed by atoms with Crippen molar-refractivity contribution in [3.63, 3.8) is 0 Å². The van der Waals surface area contributed by atoms with E-state index >= 15 is 0 Å². The van der Waals surface area contributed by atoms with Gasteiger partial charge in [-0.25, -0.2) is 4.57 Å². The molecule has 0 aromatic carbocycles. The Kier molecular flexibility index (Phi) is 58.0. The van der Waals surface area contributed by atoms with Gasteiger partial charge in [0.15, 0.2) is 6.10 Å². The molecule has 0 spiro atoms. The number of rotatable bonds is 53. The summed E-state index contributed by atoms with van der Waals surface area (Å²) in [6.07, 6.45) is 94.8. The number of unbranched alkanes of at least 4 members (excludes halogenated alkanes) is 8. The van der Waals surface area contributed by atoms with Crippen molar-refractivity contribution in [1.29, 1.82) is 0 Å². The number of phosphoric ester groups is 1. The maximum Gasteiger partial charge on any atom is 0.472 e. The lowest BCUT2D eigenvalue weighted by Crippen LogP contribution is -2.29. The molecule has 0 saturated carbocycles. The Hall–Kier alpha value is -5.15. The zero-order valence-electron chi connectivity index (χ0n) is 49.0. The Balaban J connectivity index is 4.18. The Bertz CT molecular complexity index is 1990. The van der Waals surface area contributed by atoms with E-state index in [1.807, 2.05) is 0 Å². The fraction of sp³-hybridized carbons (Fsp3) is 0.507. The van der Waals surface area contributed by atoms with E-state index in [2.05, 4.69) is 208 Å². The molecule has 10 heteroatoms. The SMILES string of the molecule is CC/C=C\C/C=C\C/C=C\C/C=C\C/C=C\C/C=C\C/C=C\C/C=C\C/C=C\CCCCCC(=O)OC(COC(=O)CCCCCCC/C=C\C/C=C\C/C=C\C/C=C\C/C=C\C/C=C\C/C=C\CC)COP(=O)(O)OCCN. The molecular formula is C69H106NO8P. The highest BCUT2D eigenvalue weighted by Gasteiger charge is 2.26. The Morgan fingerprint density at radius 1 is 0.380 bits per heavy atom. The number of nitrogens with two attached hydrogens (primary N) is 1. The van der Waals surface area contributed by atoms with Gasteiger partial charge in [-0.1, -0.05) is 234 Å². The van der Waals surface area contributed by atoms with Crippen LogP contribution < -0.4 is 5.73 Å². The summed E-state index contributed by atoms with van der Waals surface area (Å²) in [6, 6.07) is 0. The van der Waals surface area contributed by atoms with E-state index in [1.165, 1.54) is 0 Å². The maximum atomic E-state index is 12.7. The lowest BCUT2D eigenvalue weighted by molar-refractivity contribution is -0.161. The molecule has 0 fully saturated rings. The molecule has 0 bridgehead atoms. The van der Waals surface area contributed by atoms with Crippen LogP contribution in [-0.4, -0.2) is 49.3 Å². The predicted octanol–water partition coefficient (Wildman–Crippen LogP) is 19.4. The van der Waals surface area contributed by atoms with Crippen molar-refractivity contribution in [3.8, 4) is 0 Å². The van der Waals surface area contributed by atoms with Gasteiger partial charge in [0.1, 0.15) is 6.61 Å². The first kappa shape index (κ1) is 73.8. The molecule has 0 rings (SSSR count). The van der Waals surface area contributed by atoms with Crippen LogP contribution in [0.2, 0.25) is 0 Å². The molecule has 0 saturated heterocycles. The second kappa shape index (κ2) is 62.1. The molecule has 2 atom stereocenters. The van der Waals surface area contributed by atoms with Gasteiger partial charge in [0.2, 0.25) is 0 Å². The summed E-state index contributed by atoms with van der Waals surface area (Å²) in [5, 5.41) is 0. The third-order valence-electron chi connectivity index (χ3n) is 11.5. The number of hydrogen-bond acceptors (Lipinski definition) is 8. The van der Waals surface area contributed by atoms with E-state index in [0.29, 0.717) is 12.8 Å². The fourth-order valence-corrected chi connectivity index (χ4v) is 7.90. The summed E-state index contributed by atoms with van der Waals surface area (Å²) in [5.74, 6) is -0.908. The third kappa shape index (κ3) is 61.9. The van der Waals surface area contributed by atoms with Crippen LogP contribution in [0.3, 0.4) is 0 Å². The molecular weight excluding hydrogens is 1000 g/mol. The number of carbonyl (C=O) groups excluding carboxylic acids is 2. The summed E-state index contributed by atoms with van der Waals surface area (Å²) in [5.41, 5.74) is 5.38. The summed E-state index contributed by atoms with van der Waals surface area (Å²) >= 11 is 0. The van der Waals surface area contributed by atoms with E-state index in [0.717, 1.165) is 154 Å². The van der Waals surface area contributed by atoms with Crippen LogP contribution >= 0.6 is 7.82 Å². The van der Waals surface area contributed by atoms with Gasteiger partial charge in [-0.05, 0) is 141 Å². The number of allylic oxidation sites excluding steroid dienone is 32. The van der Waals surface area contributed by atoms with E-state index in [9.17, 15) is 19.0 Å². The van der Waals surface area contributed by atoms with Crippen LogP contribution in [0.15, 0.2) is 194 Å². The first-order chi connectivity index (χ1) is 38.8. The van der Waals surface area contributed by atoms with Gasteiger partial charge in [-0.15, -0.1) is 0 Å². The first-order valence-electron chi connectivity index (χ1n) is 29.9. The molecule has 0 aromatic heterocycles. The smallest absolute Gasteiger partial charge is 0.462 e. The first-order valence-corrected chi connectivity index (χ1v) is 31.4. The van der Waals surface area contributed by atoms with Crippen LogP contribution in [0.25, 0.3) is 0 Å². The fourth-order valence-electron chi connectivity index (χ4n) is 7.14. The zero-order valence-corrected chi connectivity index (χ0v) is 49.9. The van der Waals surface area contributed by atoms with Gasteiger partial charge < -0.3 is 20.1 Å². The average molecular weight is 1110 g/mol. The lowest BCUT2D eigenvalue weighted by atomic mass is 10.1. The van der Waals surface area contributed by atoms with Gasteiger partial charge in [0, 0.05) is 19.4 Å². The monoisotopic (exact) mass is 1110 g/mol. The summed E-state index contributed by atoms with van der Waals surface area (Å²) < 4.78 is 33.0. The minimum absolute atomic E-state index is 0.0324. The molecule has 0 aliphatic heterocycles. The zero-order chi connectivity index (χ0) is 57.3. The standard InChI is InChI=1S/C69H106NO8P/c1-3-5-7-9-11-13-15-17-19-21-23-25-27-29-31-32-33-34-36-38-40-42-44-46-48-50-52-54-56-58-60-62-69(72)78-67(66-77-79(73,74)76-64-63-70)65-75-68(71)61-59-57-55-53-51-49-47-45-43-41-39-37-35-30-28-26-24-22-20-18-16-14-12-10-8-6-4-2/h5-8,11-14,17-20,23-26,29-31,33-35,38-41,44-47,50,52,67H,3-4,9-10,15-16,21-22,27-28,32,36-37,42-43,48-49,51,53-66,70H2,1-2H3,(H,73,74)/b7-5-,8-6-,13-11-,14-12-,19-17-,20-18-,25-23-,26-24-,31-29-,34-33-,35-30-,40-38-,41-39-,46-44-,47-45-,52-50-. The van der Waals surface area contributed by atoms with Crippen LogP contribution in [0.5, 0.6) is 0 Å². The highest BCUT2D eigenvalue weighted by Crippen LogP contribution is 2.43. The van der Waals surface area contributed by atoms with Gasteiger partial charge in [0.25, 0.3) is 0 Å². The largest absolute Gasteiger partial charge is 0.472 e. The van der Waals surface area contributed by atoms with E-state index in [-0.39, 0.29) is 32.6 Å². The van der Waals surface area contributed by atoms with Crippen molar-refractivity contribution in [2.45, 2.75) is 200 Å². The third-order valence-corrected chi connectivity index (χ3v) is 12.5. The summed E-state index contributed by atoms with van der Waals surface area (Å²) in [4.78, 5) is 35.2. The Labute approximate surface area is 481 Å². The normalized spacial score (nSPS) is 14.4. The van der Waals surface area contributed by atoms with Crippen molar-refractivity contribution in [2.24, 2.45) is 5.73 Å². The summed E-state index contributed by atoms with van der Waals surface area (Å²) in [6.45, 7) is 3.41. The average Bonchev–Trinajstić information content (AvgIpc) is 3.44. The molecule has 440 valence electrons. The van der Waals surface area contributed by atoms with Crippen molar-refractivity contribution >= 4 is 19.8 Å². The number of hydrogen-bond donors (Lipinski definition) is 2. The van der Waals surface area contributed by atoms with Crippen molar-refractivity contribution in [2.75, 3.05) is 26.4 Å². The minimum Gasteiger partial charge on any atom is -0.462 e. The Morgan fingerprint density at radius 3 is 0.987 bits per heavy atom. The quantitative estimate of drug-likeness (QED) is 0.0264. The van der Waals surface area contributed by atoms with E-state index < -0.39 is 32.5 Å². The molecule has 0 heterocycles. The van der Waals surface area contributed by atoms with Crippen molar-refractivity contribution < 1.29 is 37.6 Å². The molecule has 0 radical (unpaired) electrons. The predicted molar refractivity (Wildman–Crippen MR) is 338 cm³/mol. The Morgan fingerprint density at radius 2 is 0.658 bits per heavy atom. The van der Waals surface area contributed by atoms with Crippen molar-refractivity contribution in [1.82, 2.24) is 0 Å². The molecule has 0 aromatic rings. The van der Waals surface area contributed by atoms with Gasteiger partial charge in [0.05, 0.1) is 13.2 Å². The number of carbonyl (C=O) groups is 2. The minimum atomic E-state index is -4.42. The van der Waals surface area contributed by atoms with Gasteiger partial charge in [-0.2, -0.15) is 0 Å². The second-order valence-corrected chi connectivity index (χ2v) is 20.2. The van der Waals surface area contributed by atoms with E-state index in [1.54, 1.807) is 0 Å². The summed E-state index contributed by atoms with van der Waals surface area (Å²) in [7, 11) is -4.42. The number of esters is 2. The molecule has 0 amide bonds. The van der Waals surface area contributed by atoms with Crippen LogP contribution in [-0.2, 0) is 32.7 Å². The number of ether oxygens (including phenoxy) is 2. The van der Waals surface area contributed by atoms with Crippen LogP contribution in [0, 0.1) is 0 Å². The van der Waals surface area contributed by atoms with Crippen LogP contribution in [0.1, 0.15) is 194 Å². The molecule has 2 unspecified atom stereocenters. The molecule has 3 N–H and O–H groups in total. The van der Waals surface area contributed by atoms with Gasteiger partial charge in [-0.3, -0.25) is 18.6 Å². The second-order valence-electron chi connectivity index (χ2n) is 18.7. The molecule has 0 aliphatic carbocycles. The highest BCUT2D eigenvalue weighted by molar-refractivity contribution is 7.47. The molecule has 79 heavy (non-hydrogen) atoms. The van der Waals surface area contributed by atoms with Gasteiger partial charge >= 0.3 is 19.8 Å². The lowest BCUT2D eigenvalue weighted by Gasteiger charge is -2.19. The van der Waals surface area contributed by atoms with Crippen molar-refractivity contribution in [3.05, 3.63) is 194 Å². The van der Waals surface area contributed by atoms with E-state index in [4.69, 9.17) is 24.3 Å². The topological polar surface area (TPSA) is 134 Å². The van der Waals surface area contributed by atoms with Crippen LogP contribution in [0.4, 0.5) is 0 Å².